The maximum atomic E-state index is 12.0. The Morgan fingerprint density at radius 1 is 1.08 bits per heavy atom. The Bertz CT molecular complexity index is 669. The molecule has 3 N–H and O–H groups in total. The quantitative estimate of drug-likeness (QED) is 0.765. The number of anilines is 1. The Balaban J connectivity index is 1.83. The van der Waals surface area contributed by atoms with Crippen molar-refractivity contribution in [2.45, 2.75) is 19.9 Å². The fraction of sp³-hybridized carbons (Fsp3) is 0.263. The SMILES string of the molecule is CCOC(=O)c1ccc(NC(=O)C[NH2+][C@H](C)c2ccccc2)cc1. The van der Waals surface area contributed by atoms with Crippen molar-refractivity contribution in [1.82, 2.24) is 0 Å². The van der Waals surface area contributed by atoms with Gasteiger partial charge < -0.3 is 15.4 Å². The third-order valence-corrected chi connectivity index (χ3v) is 3.66. The molecule has 0 aromatic heterocycles. The number of benzene rings is 2. The number of hydrogen-bond acceptors (Lipinski definition) is 3. The lowest BCUT2D eigenvalue weighted by molar-refractivity contribution is -0.682. The summed E-state index contributed by atoms with van der Waals surface area (Å²) < 4.78 is 4.92. The van der Waals surface area contributed by atoms with Crippen LogP contribution >= 0.6 is 0 Å². The molecule has 2 aromatic carbocycles. The Hall–Kier alpha value is -2.66. The van der Waals surface area contributed by atoms with Crippen LogP contribution in [0.5, 0.6) is 0 Å². The molecule has 0 heterocycles. The van der Waals surface area contributed by atoms with Crippen LogP contribution in [0.25, 0.3) is 0 Å². The zero-order valence-corrected chi connectivity index (χ0v) is 14.0. The molecular weight excluding hydrogens is 304 g/mol. The van der Waals surface area contributed by atoms with Gasteiger partial charge in [0.05, 0.1) is 12.2 Å². The first kappa shape index (κ1) is 17.7. The van der Waals surface area contributed by atoms with Crippen LogP contribution < -0.4 is 10.6 Å². The lowest BCUT2D eigenvalue weighted by Gasteiger charge is -2.11. The van der Waals surface area contributed by atoms with Gasteiger partial charge in [-0.1, -0.05) is 30.3 Å². The van der Waals surface area contributed by atoms with Gasteiger partial charge in [0.15, 0.2) is 6.54 Å². The lowest BCUT2D eigenvalue weighted by atomic mass is 10.1. The van der Waals surface area contributed by atoms with E-state index in [1.807, 2.05) is 35.6 Å². The topological polar surface area (TPSA) is 72.0 Å². The molecule has 2 aromatic rings. The van der Waals surface area contributed by atoms with Crippen LogP contribution in [0.4, 0.5) is 5.69 Å². The molecule has 5 heteroatoms. The molecule has 5 nitrogen and oxygen atoms in total. The number of amides is 1. The number of quaternary nitrogens is 1. The van der Waals surface area contributed by atoms with E-state index in [1.165, 1.54) is 5.56 Å². The Kier molecular flexibility index (Phi) is 6.51. The van der Waals surface area contributed by atoms with E-state index in [4.69, 9.17) is 4.74 Å². The van der Waals surface area contributed by atoms with Gasteiger partial charge in [0.1, 0.15) is 6.04 Å². The summed E-state index contributed by atoms with van der Waals surface area (Å²) in [6.45, 7) is 4.50. The Morgan fingerprint density at radius 2 is 1.75 bits per heavy atom. The minimum absolute atomic E-state index is 0.0818. The van der Waals surface area contributed by atoms with E-state index in [0.29, 0.717) is 24.4 Å². The average Bonchev–Trinajstić information content (AvgIpc) is 2.61. The largest absolute Gasteiger partial charge is 0.462 e. The van der Waals surface area contributed by atoms with Crippen molar-refractivity contribution in [3.63, 3.8) is 0 Å². The van der Waals surface area contributed by atoms with Gasteiger partial charge in [-0.05, 0) is 38.1 Å². The fourth-order valence-electron chi connectivity index (χ4n) is 2.29. The number of nitrogens with two attached hydrogens (primary N) is 1. The molecule has 0 fully saturated rings. The van der Waals surface area contributed by atoms with Crippen LogP contribution in [0.3, 0.4) is 0 Å². The van der Waals surface area contributed by atoms with Gasteiger partial charge in [0, 0.05) is 11.3 Å². The molecule has 0 radical (unpaired) electrons. The molecule has 0 unspecified atom stereocenters. The van der Waals surface area contributed by atoms with E-state index in [0.717, 1.165) is 0 Å². The molecule has 2 rings (SSSR count). The second-order valence-corrected chi connectivity index (χ2v) is 5.49. The molecule has 1 amide bonds. The molecule has 126 valence electrons. The summed E-state index contributed by atoms with van der Waals surface area (Å²) in [4.78, 5) is 23.6. The van der Waals surface area contributed by atoms with Crippen molar-refractivity contribution < 1.29 is 19.6 Å². The summed E-state index contributed by atoms with van der Waals surface area (Å²) in [5.41, 5.74) is 2.32. The van der Waals surface area contributed by atoms with Crippen molar-refractivity contribution in [3.05, 3.63) is 65.7 Å². The molecule has 0 aliphatic rings. The maximum Gasteiger partial charge on any atom is 0.338 e. The number of esters is 1. The highest BCUT2D eigenvalue weighted by atomic mass is 16.5. The number of hydrogen-bond donors (Lipinski definition) is 2. The van der Waals surface area contributed by atoms with Crippen molar-refractivity contribution in [2.24, 2.45) is 0 Å². The smallest absolute Gasteiger partial charge is 0.338 e. The van der Waals surface area contributed by atoms with E-state index in [1.54, 1.807) is 31.2 Å². The number of ether oxygens (including phenoxy) is 1. The van der Waals surface area contributed by atoms with Crippen LogP contribution in [-0.4, -0.2) is 25.0 Å². The van der Waals surface area contributed by atoms with E-state index in [-0.39, 0.29) is 17.9 Å². The molecule has 1 atom stereocenters. The second-order valence-electron chi connectivity index (χ2n) is 5.49. The molecule has 0 saturated carbocycles. The van der Waals surface area contributed by atoms with Gasteiger partial charge in [-0.15, -0.1) is 0 Å². The first-order valence-electron chi connectivity index (χ1n) is 8.05. The first-order chi connectivity index (χ1) is 11.6. The van der Waals surface area contributed by atoms with E-state index >= 15 is 0 Å². The van der Waals surface area contributed by atoms with Crippen molar-refractivity contribution >= 4 is 17.6 Å². The highest BCUT2D eigenvalue weighted by Crippen LogP contribution is 2.10. The zero-order valence-electron chi connectivity index (χ0n) is 14.0. The predicted molar refractivity (Wildman–Crippen MR) is 92.7 cm³/mol. The van der Waals surface area contributed by atoms with Crippen molar-refractivity contribution in [1.29, 1.82) is 0 Å². The molecule has 0 spiro atoms. The molecule has 0 bridgehead atoms. The van der Waals surface area contributed by atoms with Gasteiger partial charge in [-0.25, -0.2) is 4.79 Å². The van der Waals surface area contributed by atoms with Crippen LogP contribution in [-0.2, 0) is 9.53 Å². The number of carbonyl (C=O) groups is 2. The summed E-state index contributed by atoms with van der Waals surface area (Å²) in [6, 6.07) is 16.9. The van der Waals surface area contributed by atoms with Gasteiger partial charge in [-0.2, -0.15) is 0 Å². The number of rotatable bonds is 7. The number of nitrogens with one attached hydrogen (secondary N) is 1. The molecule has 0 aliphatic carbocycles. The van der Waals surface area contributed by atoms with E-state index < -0.39 is 0 Å². The predicted octanol–water partition coefficient (Wildman–Crippen LogP) is 2.13. The second kappa shape index (κ2) is 8.84. The van der Waals surface area contributed by atoms with E-state index in [9.17, 15) is 9.59 Å². The van der Waals surface area contributed by atoms with Crippen LogP contribution in [0.15, 0.2) is 54.6 Å². The summed E-state index contributed by atoms with van der Waals surface area (Å²) in [7, 11) is 0. The van der Waals surface area contributed by atoms with Crippen LogP contribution in [0.2, 0.25) is 0 Å². The van der Waals surface area contributed by atoms with Gasteiger partial charge in [0.25, 0.3) is 5.91 Å². The van der Waals surface area contributed by atoms with Crippen LogP contribution in [0.1, 0.15) is 35.8 Å². The lowest BCUT2D eigenvalue weighted by Crippen LogP contribution is -2.86. The fourth-order valence-corrected chi connectivity index (χ4v) is 2.29. The minimum Gasteiger partial charge on any atom is -0.462 e. The Labute approximate surface area is 142 Å². The highest BCUT2D eigenvalue weighted by Gasteiger charge is 2.12. The molecule has 0 aliphatic heterocycles. The first-order valence-corrected chi connectivity index (χ1v) is 8.05. The summed E-state index contributed by atoms with van der Waals surface area (Å²) in [6.07, 6.45) is 0. The maximum absolute atomic E-state index is 12.0. The zero-order chi connectivity index (χ0) is 17.4. The number of carbonyl (C=O) groups excluding carboxylic acids is 2. The van der Waals surface area contributed by atoms with Crippen molar-refractivity contribution in [2.75, 3.05) is 18.5 Å². The molecule has 24 heavy (non-hydrogen) atoms. The summed E-state index contributed by atoms with van der Waals surface area (Å²) in [5, 5.41) is 4.81. The summed E-state index contributed by atoms with van der Waals surface area (Å²) in [5.74, 6) is -0.443. The highest BCUT2D eigenvalue weighted by molar-refractivity contribution is 5.93. The Morgan fingerprint density at radius 3 is 2.38 bits per heavy atom. The van der Waals surface area contributed by atoms with Gasteiger partial charge in [0.2, 0.25) is 0 Å². The normalized spacial score (nSPS) is 11.6. The molecular formula is C19H23N2O3+. The minimum atomic E-state index is -0.361. The molecule has 0 saturated heterocycles. The monoisotopic (exact) mass is 327 g/mol. The standard InChI is InChI=1S/C19H22N2O3/c1-3-24-19(23)16-9-11-17(12-10-16)21-18(22)13-20-14(2)15-7-5-4-6-8-15/h4-12,14,20H,3,13H2,1-2H3,(H,21,22)/p+1/t14-/m1/s1. The van der Waals surface area contributed by atoms with E-state index in [2.05, 4.69) is 12.2 Å². The van der Waals surface area contributed by atoms with Gasteiger partial charge >= 0.3 is 5.97 Å². The summed E-state index contributed by atoms with van der Waals surface area (Å²) >= 11 is 0. The average molecular weight is 327 g/mol. The third kappa shape index (κ3) is 5.21. The van der Waals surface area contributed by atoms with Crippen molar-refractivity contribution in [3.8, 4) is 0 Å². The third-order valence-electron chi connectivity index (χ3n) is 3.66. The van der Waals surface area contributed by atoms with Crippen LogP contribution in [0, 0.1) is 0 Å². The van der Waals surface area contributed by atoms with Gasteiger partial charge in [-0.3, -0.25) is 4.79 Å².